The number of rotatable bonds is 7. The number of hydrogen-bond donors (Lipinski definition) is 2. The van der Waals surface area contributed by atoms with Crippen molar-refractivity contribution in [1.82, 2.24) is 0 Å². The van der Waals surface area contributed by atoms with Crippen LogP contribution in [0.1, 0.15) is 11.1 Å². The van der Waals surface area contributed by atoms with E-state index < -0.39 is 14.6 Å². The Kier molecular flexibility index (Phi) is 5.70. The van der Waals surface area contributed by atoms with Crippen LogP contribution in [-0.2, 0) is 31.4 Å². The van der Waals surface area contributed by atoms with E-state index in [0.29, 0.717) is 11.1 Å². The minimum Gasteiger partial charge on any atom is -0.316 e. The minimum absolute atomic E-state index is 0.256. The van der Waals surface area contributed by atoms with Crippen molar-refractivity contribution in [3.05, 3.63) is 71.8 Å². The first kappa shape index (κ1) is 17.1. The van der Waals surface area contributed by atoms with Crippen molar-refractivity contribution in [3.8, 4) is 0 Å². The van der Waals surface area contributed by atoms with E-state index in [4.69, 9.17) is 9.05 Å². The molecule has 0 aliphatic heterocycles. The molecule has 0 aromatic heterocycles. The van der Waals surface area contributed by atoms with Crippen LogP contribution in [0.3, 0.4) is 0 Å². The molecule has 2 N–H and O–H groups in total. The van der Waals surface area contributed by atoms with E-state index in [1.165, 1.54) is 0 Å². The summed E-state index contributed by atoms with van der Waals surface area (Å²) in [5.41, 5.74) is 1.22. The standard InChI is InChI=1S/C14H16O6P2/c15-21(16,19-11-13-7-3-1-4-8-13)22(17,18)20-12-14-9-5-2-6-10-14/h1-10H,11-12H2,(H,15,16)(H,17,18). The molecule has 6 nitrogen and oxygen atoms in total. The highest BCUT2D eigenvalue weighted by atomic mass is 32.1. The first-order valence-corrected chi connectivity index (χ1v) is 10.3. The Balaban J connectivity index is 1.97. The first-order valence-electron chi connectivity index (χ1n) is 6.44. The topological polar surface area (TPSA) is 93.1 Å². The minimum atomic E-state index is -4.81. The van der Waals surface area contributed by atoms with E-state index in [-0.39, 0.29) is 13.2 Å². The zero-order chi connectivity index (χ0) is 16.1. The van der Waals surface area contributed by atoms with Crippen molar-refractivity contribution in [2.24, 2.45) is 0 Å². The average molecular weight is 342 g/mol. The van der Waals surface area contributed by atoms with E-state index in [1.807, 2.05) is 0 Å². The summed E-state index contributed by atoms with van der Waals surface area (Å²) in [4.78, 5) is 19.4. The Morgan fingerprint density at radius 2 is 1.00 bits per heavy atom. The van der Waals surface area contributed by atoms with Gasteiger partial charge in [0, 0.05) is 0 Å². The Hall–Kier alpha value is -1.26. The van der Waals surface area contributed by atoms with Gasteiger partial charge in [0.05, 0.1) is 13.2 Å². The maximum Gasteiger partial charge on any atom is 0.438 e. The predicted molar refractivity (Wildman–Crippen MR) is 82.1 cm³/mol. The lowest BCUT2D eigenvalue weighted by molar-refractivity contribution is 0.223. The van der Waals surface area contributed by atoms with E-state index >= 15 is 0 Å². The fourth-order valence-corrected chi connectivity index (χ4v) is 3.76. The van der Waals surface area contributed by atoms with Crippen molar-refractivity contribution < 1.29 is 28.0 Å². The first-order chi connectivity index (χ1) is 10.4. The van der Waals surface area contributed by atoms with Gasteiger partial charge >= 0.3 is 14.6 Å². The molecule has 2 aromatic carbocycles. The maximum atomic E-state index is 11.9. The molecule has 0 aliphatic carbocycles. The van der Waals surface area contributed by atoms with Crippen LogP contribution >= 0.6 is 14.6 Å². The molecule has 0 heterocycles. The largest absolute Gasteiger partial charge is 0.438 e. The number of hydrogen-bond acceptors (Lipinski definition) is 4. The zero-order valence-electron chi connectivity index (χ0n) is 11.6. The van der Waals surface area contributed by atoms with Gasteiger partial charge in [0.15, 0.2) is 0 Å². The van der Waals surface area contributed by atoms with E-state index in [1.54, 1.807) is 60.7 Å². The third-order valence-corrected chi connectivity index (χ3v) is 6.98. The molecule has 0 spiro atoms. The molecule has 0 radical (unpaired) electrons. The molecule has 0 aliphatic rings. The van der Waals surface area contributed by atoms with Gasteiger partial charge in [-0.15, -0.1) is 0 Å². The Morgan fingerprint density at radius 1 is 0.682 bits per heavy atom. The summed E-state index contributed by atoms with van der Waals surface area (Å²) in [6.07, 6.45) is 0. The average Bonchev–Trinajstić information content (AvgIpc) is 2.53. The molecule has 0 saturated carbocycles. The van der Waals surface area contributed by atoms with Crippen LogP contribution in [0.2, 0.25) is 0 Å². The van der Waals surface area contributed by atoms with Crippen molar-refractivity contribution in [3.63, 3.8) is 0 Å². The van der Waals surface area contributed by atoms with Gasteiger partial charge in [0.25, 0.3) is 0 Å². The molecule has 0 amide bonds. The summed E-state index contributed by atoms with van der Waals surface area (Å²) in [5, 5.41) is 0. The van der Waals surface area contributed by atoms with Gasteiger partial charge in [-0.2, -0.15) is 0 Å². The summed E-state index contributed by atoms with van der Waals surface area (Å²) in [6.45, 7) is -0.512. The third-order valence-electron chi connectivity index (χ3n) is 2.80. The summed E-state index contributed by atoms with van der Waals surface area (Å²) in [5.74, 6) is 0. The highest BCUT2D eigenvalue weighted by Gasteiger charge is 2.45. The Morgan fingerprint density at radius 3 is 1.32 bits per heavy atom. The predicted octanol–water partition coefficient (Wildman–Crippen LogP) is 3.71. The van der Waals surface area contributed by atoms with Crippen LogP contribution in [-0.4, -0.2) is 9.79 Å². The molecule has 22 heavy (non-hydrogen) atoms. The second-order valence-corrected chi connectivity index (χ2v) is 10.0. The third kappa shape index (κ3) is 4.62. The van der Waals surface area contributed by atoms with Crippen molar-refractivity contribution in [2.45, 2.75) is 13.2 Å². The van der Waals surface area contributed by atoms with Gasteiger partial charge in [-0.3, -0.25) is 9.05 Å². The lowest BCUT2D eigenvalue weighted by atomic mass is 10.2. The molecule has 8 heteroatoms. The molecule has 2 aromatic rings. The van der Waals surface area contributed by atoms with Crippen LogP contribution in [0.15, 0.2) is 60.7 Å². The maximum absolute atomic E-state index is 11.9. The van der Waals surface area contributed by atoms with E-state index in [9.17, 15) is 18.9 Å². The number of benzene rings is 2. The normalized spacial score (nSPS) is 16.6. The SMILES string of the molecule is O=P(O)(OCc1ccccc1)P(=O)(O)OCc1ccccc1. The molecule has 2 rings (SSSR count). The van der Waals surface area contributed by atoms with Gasteiger partial charge in [0.1, 0.15) is 0 Å². The van der Waals surface area contributed by atoms with Gasteiger partial charge in [0.2, 0.25) is 0 Å². The fourth-order valence-electron chi connectivity index (χ4n) is 1.61. The highest BCUT2D eigenvalue weighted by molar-refractivity contribution is 8.26. The van der Waals surface area contributed by atoms with E-state index in [2.05, 4.69) is 0 Å². The molecular weight excluding hydrogens is 326 g/mol. The lowest BCUT2D eigenvalue weighted by Crippen LogP contribution is -1.97. The van der Waals surface area contributed by atoms with Crippen molar-refractivity contribution in [2.75, 3.05) is 0 Å². The Bertz CT molecular complexity index is 627. The van der Waals surface area contributed by atoms with Crippen LogP contribution in [0.4, 0.5) is 0 Å². The van der Waals surface area contributed by atoms with Crippen LogP contribution < -0.4 is 0 Å². The van der Waals surface area contributed by atoms with Gasteiger partial charge < -0.3 is 9.79 Å². The monoisotopic (exact) mass is 342 g/mol. The van der Waals surface area contributed by atoms with Crippen LogP contribution in [0.5, 0.6) is 0 Å². The smallest absolute Gasteiger partial charge is 0.316 e. The lowest BCUT2D eigenvalue weighted by Gasteiger charge is -2.17. The molecule has 118 valence electrons. The molecule has 0 fully saturated rings. The van der Waals surface area contributed by atoms with Crippen LogP contribution in [0, 0.1) is 0 Å². The summed E-state index contributed by atoms with van der Waals surface area (Å²) < 4.78 is 33.3. The van der Waals surface area contributed by atoms with Crippen LogP contribution in [0.25, 0.3) is 0 Å². The van der Waals surface area contributed by atoms with Gasteiger partial charge in [-0.25, -0.2) is 9.13 Å². The zero-order valence-corrected chi connectivity index (χ0v) is 13.4. The van der Waals surface area contributed by atoms with Crippen molar-refractivity contribution in [1.29, 1.82) is 0 Å². The Labute approximate surface area is 128 Å². The summed E-state index contributed by atoms with van der Waals surface area (Å²) in [7, 11) is -9.62. The molecule has 2 unspecified atom stereocenters. The second kappa shape index (κ2) is 7.34. The molecule has 0 saturated heterocycles. The van der Waals surface area contributed by atoms with Crippen molar-refractivity contribution >= 4 is 14.6 Å². The van der Waals surface area contributed by atoms with Gasteiger partial charge in [-0.1, -0.05) is 60.7 Å². The summed E-state index contributed by atoms with van der Waals surface area (Å²) >= 11 is 0. The van der Waals surface area contributed by atoms with E-state index in [0.717, 1.165) is 0 Å². The summed E-state index contributed by atoms with van der Waals surface area (Å²) in [6, 6.07) is 17.2. The molecule has 2 atom stereocenters. The second-order valence-electron chi connectivity index (χ2n) is 4.50. The molecule has 0 bridgehead atoms. The fraction of sp³-hybridized carbons (Fsp3) is 0.143. The van der Waals surface area contributed by atoms with Gasteiger partial charge in [-0.05, 0) is 11.1 Å². The quantitative estimate of drug-likeness (QED) is 0.745. The highest BCUT2D eigenvalue weighted by Crippen LogP contribution is 2.78. The molecular formula is C14H16O6P2.